The molecule has 0 spiro atoms. The van der Waals surface area contributed by atoms with Crippen molar-refractivity contribution in [2.45, 2.75) is 6.29 Å². The summed E-state index contributed by atoms with van der Waals surface area (Å²) in [6.45, 7) is 1.15. The number of nitrogens with zero attached hydrogens (tertiary/aromatic N) is 2. The van der Waals surface area contributed by atoms with Crippen LogP contribution in [0.1, 0.15) is 11.9 Å². The Labute approximate surface area is 178 Å². The Morgan fingerprint density at radius 1 is 0.867 bits per heavy atom. The summed E-state index contributed by atoms with van der Waals surface area (Å²) in [6, 6.07) is 22.6. The van der Waals surface area contributed by atoms with Crippen LogP contribution in [0.5, 0.6) is 11.5 Å². The molecule has 1 aliphatic heterocycles. The van der Waals surface area contributed by atoms with Crippen molar-refractivity contribution in [3.63, 3.8) is 0 Å². The van der Waals surface area contributed by atoms with Crippen molar-refractivity contribution in [3.8, 4) is 34.3 Å². The molecule has 0 bridgehead atoms. The molecule has 150 valence electrons. The van der Waals surface area contributed by atoms with Crippen LogP contribution in [0, 0.1) is 0 Å². The van der Waals surface area contributed by atoms with Gasteiger partial charge in [-0.05, 0) is 48.5 Å². The average molecular weight is 421 g/mol. The van der Waals surface area contributed by atoms with E-state index in [1.54, 1.807) is 6.07 Å². The largest absolute Gasteiger partial charge is 0.457 e. The van der Waals surface area contributed by atoms with Crippen LogP contribution in [0.25, 0.3) is 22.8 Å². The third-order valence-electron chi connectivity index (χ3n) is 4.63. The maximum absolute atomic E-state index is 6.45. The van der Waals surface area contributed by atoms with Crippen LogP contribution in [0.2, 0.25) is 5.02 Å². The maximum atomic E-state index is 6.45. The molecule has 6 nitrogen and oxygen atoms in total. The second kappa shape index (κ2) is 8.28. The number of hydrogen-bond donors (Lipinski definition) is 0. The van der Waals surface area contributed by atoms with E-state index in [4.69, 9.17) is 30.3 Å². The predicted molar refractivity (Wildman–Crippen MR) is 111 cm³/mol. The first-order chi connectivity index (χ1) is 14.8. The molecule has 1 saturated heterocycles. The van der Waals surface area contributed by atoms with Crippen LogP contribution < -0.4 is 4.74 Å². The molecule has 0 N–H and O–H groups in total. The molecular weight excluding hydrogens is 404 g/mol. The highest BCUT2D eigenvalue weighted by Gasteiger charge is 2.20. The summed E-state index contributed by atoms with van der Waals surface area (Å²) in [5.74, 6) is 2.31. The highest BCUT2D eigenvalue weighted by molar-refractivity contribution is 6.33. The lowest BCUT2D eigenvalue weighted by Crippen LogP contribution is -1.98. The molecule has 2 heterocycles. The summed E-state index contributed by atoms with van der Waals surface area (Å²) in [5.41, 5.74) is 2.33. The quantitative estimate of drug-likeness (QED) is 0.400. The fourth-order valence-corrected chi connectivity index (χ4v) is 3.42. The predicted octanol–water partition coefficient (Wildman–Crippen LogP) is 5.89. The fourth-order valence-electron chi connectivity index (χ4n) is 3.15. The number of benzene rings is 3. The molecule has 1 aliphatic rings. The van der Waals surface area contributed by atoms with Gasteiger partial charge in [-0.2, -0.15) is 4.98 Å². The van der Waals surface area contributed by atoms with Gasteiger partial charge < -0.3 is 18.7 Å². The monoisotopic (exact) mass is 420 g/mol. The standard InChI is InChI=1S/C23H17ClN2O4/c24-20-14-16(23-27-12-13-28-23)8-11-19(20)21-25-22(30-26-21)15-6-9-18(10-7-15)29-17-4-2-1-3-5-17/h1-11,14,23H,12-13H2. The molecule has 3 aromatic carbocycles. The highest BCUT2D eigenvalue weighted by Crippen LogP contribution is 2.33. The average Bonchev–Trinajstić information content (AvgIpc) is 3.48. The van der Waals surface area contributed by atoms with Crippen LogP contribution >= 0.6 is 11.6 Å². The van der Waals surface area contributed by atoms with Gasteiger partial charge >= 0.3 is 0 Å². The van der Waals surface area contributed by atoms with Gasteiger partial charge in [0.2, 0.25) is 5.82 Å². The molecule has 5 rings (SSSR count). The van der Waals surface area contributed by atoms with Crippen molar-refractivity contribution in [3.05, 3.63) is 83.4 Å². The Morgan fingerprint density at radius 3 is 2.33 bits per heavy atom. The van der Waals surface area contributed by atoms with Gasteiger partial charge in [-0.3, -0.25) is 0 Å². The summed E-state index contributed by atoms with van der Waals surface area (Å²) in [7, 11) is 0. The lowest BCUT2D eigenvalue weighted by molar-refractivity contribution is -0.0441. The Bertz CT molecular complexity index is 1140. The number of halogens is 1. The summed E-state index contributed by atoms with van der Waals surface area (Å²) in [4.78, 5) is 4.49. The van der Waals surface area contributed by atoms with Crippen molar-refractivity contribution in [1.82, 2.24) is 10.1 Å². The molecule has 0 aliphatic carbocycles. The first kappa shape index (κ1) is 18.8. The number of hydrogen-bond acceptors (Lipinski definition) is 6. The van der Waals surface area contributed by atoms with Gasteiger partial charge in [0.1, 0.15) is 11.5 Å². The van der Waals surface area contributed by atoms with E-state index in [1.165, 1.54) is 0 Å². The molecular formula is C23H17ClN2O4. The minimum Gasteiger partial charge on any atom is -0.457 e. The fraction of sp³-hybridized carbons (Fsp3) is 0.130. The van der Waals surface area contributed by atoms with Crippen LogP contribution in [-0.4, -0.2) is 23.4 Å². The highest BCUT2D eigenvalue weighted by atomic mass is 35.5. The summed E-state index contributed by atoms with van der Waals surface area (Å²) in [6.07, 6.45) is -0.381. The topological polar surface area (TPSA) is 66.6 Å². The van der Waals surface area contributed by atoms with Gasteiger partial charge in [0.15, 0.2) is 6.29 Å². The minimum atomic E-state index is -0.381. The van der Waals surface area contributed by atoms with E-state index < -0.39 is 0 Å². The summed E-state index contributed by atoms with van der Waals surface area (Å²) < 4.78 is 22.3. The Kier molecular flexibility index (Phi) is 5.19. The van der Waals surface area contributed by atoms with Gasteiger partial charge in [-0.25, -0.2) is 0 Å². The van der Waals surface area contributed by atoms with Crippen LogP contribution in [0.3, 0.4) is 0 Å². The molecule has 1 fully saturated rings. The molecule has 7 heteroatoms. The smallest absolute Gasteiger partial charge is 0.258 e. The zero-order valence-corrected chi connectivity index (χ0v) is 16.6. The second-order valence-corrected chi connectivity index (χ2v) is 7.08. The van der Waals surface area contributed by atoms with Crippen molar-refractivity contribution in [2.75, 3.05) is 13.2 Å². The van der Waals surface area contributed by atoms with E-state index >= 15 is 0 Å². The minimum absolute atomic E-state index is 0.381. The Hall–Kier alpha value is -3.19. The summed E-state index contributed by atoms with van der Waals surface area (Å²) in [5, 5.41) is 4.58. The van der Waals surface area contributed by atoms with E-state index in [0.717, 1.165) is 22.6 Å². The van der Waals surface area contributed by atoms with Crippen molar-refractivity contribution in [2.24, 2.45) is 0 Å². The number of para-hydroxylation sites is 1. The number of rotatable bonds is 5. The lowest BCUT2D eigenvalue weighted by atomic mass is 10.1. The molecule has 0 atom stereocenters. The normalized spacial score (nSPS) is 14.2. The molecule has 0 amide bonds. The SMILES string of the molecule is Clc1cc(C2OCCO2)ccc1-c1noc(-c2ccc(Oc3ccccc3)cc2)n1. The van der Waals surface area contributed by atoms with E-state index in [1.807, 2.05) is 66.7 Å². The van der Waals surface area contributed by atoms with Crippen molar-refractivity contribution in [1.29, 1.82) is 0 Å². The van der Waals surface area contributed by atoms with Gasteiger partial charge in [0, 0.05) is 16.7 Å². The lowest BCUT2D eigenvalue weighted by Gasteiger charge is -2.10. The van der Waals surface area contributed by atoms with Crippen LogP contribution in [-0.2, 0) is 9.47 Å². The van der Waals surface area contributed by atoms with Gasteiger partial charge in [-0.1, -0.05) is 41.0 Å². The van der Waals surface area contributed by atoms with Crippen molar-refractivity contribution >= 4 is 11.6 Å². The van der Waals surface area contributed by atoms with Crippen molar-refractivity contribution < 1.29 is 18.7 Å². The number of ether oxygens (including phenoxy) is 3. The van der Waals surface area contributed by atoms with E-state index in [0.29, 0.717) is 35.5 Å². The zero-order valence-electron chi connectivity index (χ0n) is 15.8. The van der Waals surface area contributed by atoms with Gasteiger partial charge in [0.25, 0.3) is 5.89 Å². The molecule has 0 saturated carbocycles. The number of aromatic nitrogens is 2. The first-order valence-electron chi connectivity index (χ1n) is 9.46. The zero-order chi connectivity index (χ0) is 20.3. The molecule has 1 aromatic heterocycles. The van der Waals surface area contributed by atoms with E-state index in [9.17, 15) is 0 Å². The molecule has 0 unspecified atom stereocenters. The molecule has 4 aromatic rings. The third-order valence-corrected chi connectivity index (χ3v) is 4.95. The van der Waals surface area contributed by atoms with Gasteiger partial charge in [-0.15, -0.1) is 0 Å². The maximum Gasteiger partial charge on any atom is 0.258 e. The molecule has 0 radical (unpaired) electrons. The van der Waals surface area contributed by atoms with E-state index in [-0.39, 0.29) is 6.29 Å². The Balaban J connectivity index is 1.34. The van der Waals surface area contributed by atoms with Crippen LogP contribution in [0.4, 0.5) is 0 Å². The third kappa shape index (κ3) is 3.93. The second-order valence-electron chi connectivity index (χ2n) is 6.68. The van der Waals surface area contributed by atoms with E-state index in [2.05, 4.69) is 10.1 Å². The first-order valence-corrected chi connectivity index (χ1v) is 9.84. The van der Waals surface area contributed by atoms with Crippen LogP contribution in [0.15, 0.2) is 77.3 Å². The summed E-state index contributed by atoms with van der Waals surface area (Å²) >= 11 is 6.45. The Morgan fingerprint density at radius 2 is 1.60 bits per heavy atom. The van der Waals surface area contributed by atoms with Gasteiger partial charge in [0.05, 0.1) is 18.2 Å². The molecule has 30 heavy (non-hydrogen) atoms.